The quantitative estimate of drug-likeness (QED) is 0.0809. The predicted molar refractivity (Wildman–Crippen MR) is 103 cm³/mol. The molecule has 0 aromatic heterocycles. The van der Waals surface area contributed by atoms with E-state index >= 15 is 0 Å². The summed E-state index contributed by atoms with van der Waals surface area (Å²) in [5.74, 6) is 0. The fourth-order valence-corrected chi connectivity index (χ4v) is 0. The SMILES string of the molecule is CC(O)O.CC(O)O.CC(O)O.CC(O)O.CC(O)O.CC(O)O.[Gd].[Gd].[OH3+].[OH3+].[OH3+].[OH3+]. The van der Waals surface area contributed by atoms with E-state index in [4.69, 9.17) is 61.3 Å². The van der Waals surface area contributed by atoms with Crippen LogP contribution in [0.4, 0.5) is 0 Å². The van der Waals surface area contributed by atoms with Crippen molar-refractivity contribution in [2.45, 2.75) is 79.3 Å². The summed E-state index contributed by atoms with van der Waals surface area (Å²) in [5.41, 5.74) is 0. The van der Waals surface area contributed by atoms with Gasteiger partial charge in [-0.15, -0.1) is 0 Å². The van der Waals surface area contributed by atoms with E-state index in [-0.39, 0.29) is 102 Å². The molecule has 0 saturated heterocycles. The second-order valence-corrected chi connectivity index (χ2v) is 3.79. The molecule has 0 aromatic carbocycles. The van der Waals surface area contributed by atoms with Crippen molar-refractivity contribution in [3.63, 3.8) is 0 Å². The van der Waals surface area contributed by atoms with Crippen LogP contribution in [0.25, 0.3) is 0 Å². The first-order valence-corrected chi connectivity index (χ1v) is 6.56. The molecule has 0 bridgehead atoms. The molecule has 0 amide bonds. The molecule has 18 heteroatoms. The summed E-state index contributed by atoms with van der Waals surface area (Å²) >= 11 is 0. The van der Waals surface area contributed by atoms with Gasteiger partial charge in [0.2, 0.25) is 0 Å². The van der Waals surface area contributed by atoms with E-state index in [0.717, 1.165) is 0 Å². The van der Waals surface area contributed by atoms with E-state index in [2.05, 4.69) is 0 Å². The third-order valence-electron chi connectivity index (χ3n) is 0. The zero-order valence-electron chi connectivity index (χ0n) is 17.8. The van der Waals surface area contributed by atoms with Crippen molar-refractivity contribution in [2.75, 3.05) is 0 Å². The van der Waals surface area contributed by atoms with E-state index in [1.807, 2.05) is 0 Å². The van der Waals surface area contributed by atoms with Crippen LogP contribution in [0.5, 0.6) is 0 Å². The molecular weight excluding hydrogens is 715 g/mol. The third-order valence-corrected chi connectivity index (χ3v) is 0. The van der Waals surface area contributed by atoms with Gasteiger partial charge in [-0.25, -0.2) is 0 Å². The van der Waals surface area contributed by atoms with E-state index in [0.29, 0.717) is 0 Å². The van der Waals surface area contributed by atoms with Crippen LogP contribution >= 0.6 is 0 Å². The molecule has 0 unspecified atom stereocenters. The molecule has 16 nitrogen and oxygen atoms in total. The van der Waals surface area contributed by atoms with Crippen LogP contribution in [0, 0.1) is 79.9 Å². The number of aliphatic hydroxyl groups is 12. The molecule has 0 atom stereocenters. The van der Waals surface area contributed by atoms with Gasteiger partial charge in [-0.1, -0.05) is 0 Å². The van der Waals surface area contributed by atoms with Gasteiger partial charge in [0, 0.05) is 79.9 Å². The first-order valence-electron chi connectivity index (χ1n) is 6.56. The first kappa shape index (κ1) is 76.9. The molecule has 0 saturated carbocycles. The molecule has 0 spiro atoms. The molecule has 24 N–H and O–H groups in total. The maximum atomic E-state index is 7.61. The Bertz CT molecular complexity index is 113. The number of hydrogen-bond donors (Lipinski definition) is 12. The van der Waals surface area contributed by atoms with Crippen LogP contribution in [-0.4, -0.2) is 99.0 Å². The zero-order chi connectivity index (χ0) is 21.5. The fraction of sp³-hybridized carbons (Fsp3) is 1.00. The van der Waals surface area contributed by atoms with Crippen molar-refractivity contribution in [3.8, 4) is 0 Å². The van der Waals surface area contributed by atoms with E-state index in [1.165, 1.54) is 41.5 Å². The normalized spacial score (nSPS) is 7.20. The summed E-state index contributed by atoms with van der Waals surface area (Å²) in [6.45, 7) is 7.67. The summed E-state index contributed by atoms with van der Waals surface area (Å²) in [5, 5.41) is 91.3. The number of aliphatic hydroxyl groups excluding tert-OH is 6. The molecule has 30 heavy (non-hydrogen) atoms. The topological polar surface area (TPSA) is 375 Å². The van der Waals surface area contributed by atoms with Gasteiger partial charge in [-0.3, -0.25) is 0 Å². The molecule has 204 valence electrons. The van der Waals surface area contributed by atoms with Gasteiger partial charge in [0.25, 0.3) is 0 Å². The molecule has 0 aliphatic heterocycles. The zero-order valence-corrected chi connectivity index (χ0v) is 22.4. The van der Waals surface area contributed by atoms with E-state index in [1.54, 1.807) is 0 Å². The average molecular weight is 763 g/mol. The molecule has 0 heterocycles. The Balaban J connectivity index is -0.0000000125. The summed E-state index contributed by atoms with van der Waals surface area (Å²) in [6.07, 6.45) is -7.00. The van der Waals surface area contributed by atoms with Crippen LogP contribution in [0.3, 0.4) is 0 Å². The summed E-state index contributed by atoms with van der Waals surface area (Å²) < 4.78 is 0. The summed E-state index contributed by atoms with van der Waals surface area (Å²) in [6, 6.07) is 0. The van der Waals surface area contributed by atoms with Crippen molar-refractivity contribution in [2.24, 2.45) is 0 Å². The number of hydrogen-bond acceptors (Lipinski definition) is 12. The molecule has 0 rings (SSSR count). The minimum absolute atomic E-state index is 0. The van der Waals surface area contributed by atoms with Crippen molar-refractivity contribution in [3.05, 3.63) is 0 Å². The van der Waals surface area contributed by atoms with Gasteiger partial charge in [0.05, 0.1) is 0 Å². The smallest absolute Gasteiger partial charge is 0.148 e. The maximum absolute atomic E-state index is 7.61. The van der Waals surface area contributed by atoms with Crippen molar-refractivity contribution >= 4 is 0 Å². The third kappa shape index (κ3) is 6250. The Morgan fingerprint density at radius 1 is 0.267 bits per heavy atom. The Morgan fingerprint density at radius 2 is 0.267 bits per heavy atom. The van der Waals surface area contributed by atoms with Crippen LogP contribution in [0.1, 0.15) is 41.5 Å². The molecule has 0 aliphatic carbocycles. The fourth-order valence-electron chi connectivity index (χ4n) is 0. The van der Waals surface area contributed by atoms with Gasteiger partial charge in [0.1, 0.15) is 37.7 Å². The predicted octanol–water partition coefficient (Wildman–Crippen LogP) is -7.79. The minimum atomic E-state index is -1.17. The van der Waals surface area contributed by atoms with E-state index in [9.17, 15) is 0 Å². The van der Waals surface area contributed by atoms with E-state index < -0.39 is 37.7 Å². The van der Waals surface area contributed by atoms with Crippen molar-refractivity contribution in [1.82, 2.24) is 0 Å². The van der Waals surface area contributed by atoms with Crippen molar-refractivity contribution in [1.29, 1.82) is 0 Å². The Labute approximate surface area is 240 Å². The van der Waals surface area contributed by atoms with Gasteiger partial charge in [-0.2, -0.15) is 0 Å². The molecule has 0 aliphatic rings. The molecule has 0 radical (unpaired) electrons. The Kier molecular flexibility index (Phi) is 179. The van der Waals surface area contributed by atoms with Crippen LogP contribution in [0.15, 0.2) is 0 Å². The molecular formula is C12H48Gd2O16+4. The maximum Gasteiger partial charge on any atom is 0.148 e. The first-order chi connectivity index (χ1) is 10.4. The Hall–Kier alpha value is 2.01. The van der Waals surface area contributed by atoms with Crippen LogP contribution in [0.2, 0.25) is 0 Å². The summed E-state index contributed by atoms with van der Waals surface area (Å²) in [7, 11) is 0. The van der Waals surface area contributed by atoms with Gasteiger partial charge in [-0.05, 0) is 41.5 Å². The monoisotopic (exact) mass is 764 g/mol. The van der Waals surface area contributed by atoms with Crippen LogP contribution in [-0.2, 0) is 21.9 Å². The largest absolute Gasteiger partial charge is 0.457 e. The van der Waals surface area contributed by atoms with Gasteiger partial charge >= 0.3 is 0 Å². The Morgan fingerprint density at radius 3 is 0.267 bits per heavy atom. The number of rotatable bonds is 0. The second-order valence-electron chi connectivity index (χ2n) is 3.79. The minimum Gasteiger partial charge on any atom is -0.457 e. The molecule has 0 aromatic rings. The standard InChI is InChI=1S/6C2H6O2.2Gd.4H2O/c6*1-2(3)4;;;;;;/h6*2-4H,1H3;;;4*1H2/p+4. The molecule has 0 fully saturated rings. The van der Waals surface area contributed by atoms with Gasteiger partial charge < -0.3 is 83.2 Å². The van der Waals surface area contributed by atoms with Gasteiger partial charge in [0.15, 0.2) is 0 Å². The van der Waals surface area contributed by atoms with Crippen molar-refractivity contribution < 1.29 is 163 Å². The van der Waals surface area contributed by atoms with Crippen LogP contribution < -0.4 is 0 Å². The second kappa shape index (κ2) is 69.7. The average Bonchev–Trinajstić information content (AvgIpc) is 2.08. The summed E-state index contributed by atoms with van der Waals surface area (Å²) in [4.78, 5) is 0.